The van der Waals surface area contributed by atoms with Crippen molar-refractivity contribution in [3.05, 3.63) is 35.9 Å². The summed E-state index contributed by atoms with van der Waals surface area (Å²) in [5, 5.41) is 0. The van der Waals surface area contributed by atoms with Gasteiger partial charge in [0.25, 0.3) is 0 Å². The lowest BCUT2D eigenvalue weighted by Crippen LogP contribution is -2.46. The second-order valence-corrected chi connectivity index (χ2v) is 7.71. The van der Waals surface area contributed by atoms with Gasteiger partial charge in [-0.25, -0.2) is 0 Å². The summed E-state index contributed by atoms with van der Waals surface area (Å²) in [4.78, 5) is 0. The van der Waals surface area contributed by atoms with Crippen molar-refractivity contribution >= 4 is 0 Å². The van der Waals surface area contributed by atoms with Crippen molar-refractivity contribution in [2.45, 2.75) is 51.6 Å². The van der Waals surface area contributed by atoms with Crippen LogP contribution >= 0.6 is 0 Å². The predicted octanol–water partition coefficient (Wildman–Crippen LogP) is 4.81. The number of benzene rings is 1. The highest BCUT2D eigenvalue weighted by Gasteiger charge is 2.50. The Morgan fingerprint density at radius 2 is 1.50 bits per heavy atom. The van der Waals surface area contributed by atoms with Crippen LogP contribution in [-0.4, -0.2) is 6.61 Å². The van der Waals surface area contributed by atoms with Crippen molar-refractivity contribution in [3.8, 4) is 0 Å². The number of rotatable bonds is 5. The van der Waals surface area contributed by atoms with Gasteiger partial charge in [0.1, 0.15) is 0 Å². The Hall–Kier alpha value is -0.820. The second kappa shape index (κ2) is 5.18. The summed E-state index contributed by atoms with van der Waals surface area (Å²) < 4.78 is 5.96. The summed E-state index contributed by atoms with van der Waals surface area (Å²) in [5.41, 5.74) is 1.98. The molecule has 0 aromatic heterocycles. The Morgan fingerprint density at radius 1 is 0.900 bits per heavy atom. The normalized spacial score (nSPS) is 38.3. The first kappa shape index (κ1) is 12.9. The Bertz CT molecular complexity index is 415. The summed E-state index contributed by atoms with van der Waals surface area (Å²) in [6.07, 6.45) is 10.5. The highest BCUT2D eigenvalue weighted by atomic mass is 16.5. The molecule has 1 aromatic carbocycles. The van der Waals surface area contributed by atoms with Gasteiger partial charge in [-0.15, -0.1) is 0 Å². The Labute approximate surface area is 122 Å². The van der Waals surface area contributed by atoms with Gasteiger partial charge in [-0.3, -0.25) is 0 Å². The molecule has 0 radical (unpaired) electrons. The average molecular weight is 270 g/mol. The fraction of sp³-hybridized carbons (Fsp3) is 0.684. The molecule has 1 aromatic rings. The smallest absolute Gasteiger partial charge is 0.0716 e. The molecule has 20 heavy (non-hydrogen) atoms. The number of ether oxygens (including phenoxy) is 1. The topological polar surface area (TPSA) is 9.23 Å². The van der Waals surface area contributed by atoms with Gasteiger partial charge < -0.3 is 4.74 Å². The Balaban J connectivity index is 1.29. The molecule has 0 saturated heterocycles. The first-order valence-electron chi connectivity index (χ1n) is 8.43. The van der Waals surface area contributed by atoms with Crippen molar-refractivity contribution in [3.63, 3.8) is 0 Å². The molecule has 1 nitrogen and oxygen atoms in total. The van der Waals surface area contributed by atoms with E-state index in [0.29, 0.717) is 5.41 Å². The molecule has 4 bridgehead atoms. The van der Waals surface area contributed by atoms with E-state index in [2.05, 4.69) is 30.3 Å². The first-order chi connectivity index (χ1) is 9.81. The summed E-state index contributed by atoms with van der Waals surface area (Å²) in [5.74, 6) is 3.20. The lowest BCUT2D eigenvalue weighted by atomic mass is 9.49. The van der Waals surface area contributed by atoms with Crippen LogP contribution in [0.2, 0.25) is 0 Å². The van der Waals surface area contributed by atoms with Crippen molar-refractivity contribution in [1.29, 1.82) is 0 Å². The first-order valence-corrected chi connectivity index (χ1v) is 8.43. The van der Waals surface area contributed by atoms with E-state index in [9.17, 15) is 0 Å². The summed E-state index contributed by atoms with van der Waals surface area (Å²) in [6.45, 7) is 1.74. The zero-order chi connectivity index (χ0) is 13.4. The molecule has 0 aliphatic heterocycles. The lowest BCUT2D eigenvalue weighted by molar-refractivity contribution is -0.0700. The van der Waals surface area contributed by atoms with Crippen LogP contribution in [0.25, 0.3) is 0 Å². The molecule has 0 unspecified atom stereocenters. The molecule has 0 spiro atoms. The molecule has 5 rings (SSSR count). The molecule has 1 heteroatoms. The molecular formula is C19H26O. The minimum Gasteiger partial charge on any atom is -0.377 e. The van der Waals surface area contributed by atoms with E-state index in [4.69, 9.17) is 4.74 Å². The number of hydrogen-bond acceptors (Lipinski definition) is 1. The zero-order valence-electron chi connectivity index (χ0n) is 12.4. The minimum atomic E-state index is 0.672. The summed E-state index contributed by atoms with van der Waals surface area (Å²) >= 11 is 0. The van der Waals surface area contributed by atoms with Gasteiger partial charge in [-0.1, -0.05) is 30.3 Å². The van der Waals surface area contributed by atoms with Gasteiger partial charge in [0.15, 0.2) is 0 Å². The molecule has 4 aliphatic carbocycles. The van der Waals surface area contributed by atoms with Crippen LogP contribution in [0.3, 0.4) is 0 Å². The number of hydrogen-bond donors (Lipinski definition) is 0. The second-order valence-electron chi connectivity index (χ2n) is 7.71. The standard InChI is InChI=1S/C19H26O/c1-2-4-15(5-3-1)14-20-7-6-19-11-16-8-17(12-19)10-18(9-16)13-19/h1-5,16-18H,6-14H2. The quantitative estimate of drug-likeness (QED) is 0.698. The van der Waals surface area contributed by atoms with Crippen LogP contribution in [-0.2, 0) is 11.3 Å². The molecule has 108 valence electrons. The Kier molecular flexibility index (Phi) is 3.34. The highest BCUT2D eigenvalue weighted by molar-refractivity contribution is 5.13. The zero-order valence-corrected chi connectivity index (χ0v) is 12.4. The van der Waals surface area contributed by atoms with Gasteiger partial charge in [0.2, 0.25) is 0 Å². The molecule has 0 amide bonds. The van der Waals surface area contributed by atoms with Crippen LogP contribution in [0, 0.1) is 23.2 Å². The van der Waals surface area contributed by atoms with Crippen LogP contribution in [0.1, 0.15) is 50.5 Å². The van der Waals surface area contributed by atoms with E-state index in [1.165, 1.54) is 31.2 Å². The molecule has 4 fully saturated rings. The monoisotopic (exact) mass is 270 g/mol. The fourth-order valence-corrected chi connectivity index (χ4v) is 5.65. The largest absolute Gasteiger partial charge is 0.377 e. The molecule has 0 atom stereocenters. The van der Waals surface area contributed by atoms with Gasteiger partial charge in [-0.05, 0) is 73.7 Å². The van der Waals surface area contributed by atoms with Crippen LogP contribution in [0.15, 0.2) is 30.3 Å². The minimum absolute atomic E-state index is 0.672. The predicted molar refractivity (Wildman–Crippen MR) is 81.3 cm³/mol. The van der Waals surface area contributed by atoms with Gasteiger partial charge >= 0.3 is 0 Å². The third-order valence-electron chi connectivity index (χ3n) is 6.05. The lowest BCUT2D eigenvalue weighted by Gasteiger charge is -2.57. The van der Waals surface area contributed by atoms with Gasteiger partial charge in [0.05, 0.1) is 6.61 Å². The average Bonchev–Trinajstić information content (AvgIpc) is 2.43. The molecule has 0 N–H and O–H groups in total. The van der Waals surface area contributed by atoms with Crippen LogP contribution in [0.4, 0.5) is 0 Å². The molecule has 4 aliphatic rings. The van der Waals surface area contributed by atoms with E-state index >= 15 is 0 Å². The highest BCUT2D eigenvalue weighted by Crippen LogP contribution is 2.61. The van der Waals surface area contributed by atoms with Crippen molar-refractivity contribution in [1.82, 2.24) is 0 Å². The maximum absolute atomic E-state index is 5.96. The molecular weight excluding hydrogens is 244 g/mol. The molecule has 0 heterocycles. The SMILES string of the molecule is c1ccc(COCCC23CC4CC(CC(C4)C2)C3)cc1. The maximum Gasteiger partial charge on any atom is 0.0716 e. The van der Waals surface area contributed by atoms with Crippen LogP contribution < -0.4 is 0 Å². The van der Waals surface area contributed by atoms with E-state index in [0.717, 1.165) is 31.0 Å². The van der Waals surface area contributed by atoms with Crippen LogP contribution in [0.5, 0.6) is 0 Å². The van der Waals surface area contributed by atoms with E-state index in [1.54, 1.807) is 19.3 Å². The summed E-state index contributed by atoms with van der Waals surface area (Å²) in [7, 11) is 0. The van der Waals surface area contributed by atoms with E-state index in [-0.39, 0.29) is 0 Å². The van der Waals surface area contributed by atoms with Crippen molar-refractivity contribution in [2.24, 2.45) is 23.2 Å². The fourth-order valence-electron chi connectivity index (χ4n) is 5.65. The maximum atomic E-state index is 5.96. The van der Waals surface area contributed by atoms with E-state index < -0.39 is 0 Å². The van der Waals surface area contributed by atoms with Crippen molar-refractivity contribution < 1.29 is 4.74 Å². The van der Waals surface area contributed by atoms with E-state index in [1.807, 2.05) is 0 Å². The third kappa shape index (κ3) is 2.53. The molecule has 4 saturated carbocycles. The third-order valence-corrected chi connectivity index (χ3v) is 6.05. The van der Waals surface area contributed by atoms with Gasteiger partial charge in [-0.2, -0.15) is 0 Å². The van der Waals surface area contributed by atoms with Gasteiger partial charge in [0, 0.05) is 6.61 Å². The summed E-state index contributed by atoms with van der Waals surface area (Å²) in [6, 6.07) is 10.6. The Morgan fingerprint density at radius 3 is 2.10 bits per heavy atom. The van der Waals surface area contributed by atoms with Crippen molar-refractivity contribution in [2.75, 3.05) is 6.61 Å².